The van der Waals surface area contributed by atoms with Gasteiger partial charge < -0.3 is 0 Å². The van der Waals surface area contributed by atoms with Crippen LogP contribution in [0.4, 0.5) is 0 Å². The highest BCUT2D eigenvalue weighted by Crippen LogP contribution is 2.46. The van der Waals surface area contributed by atoms with Crippen LogP contribution in [0.1, 0.15) is 20.7 Å². The van der Waals surface area contributed by atoms with Gasteiger partial charge in [0, 0.05) is 28.4 Å². The van der Waals surface area contributed by atoms with E-state index in [0.29, 0.717) is 11.1 Å². The van der Waals surface area contributed by atoms with Crippen molar-refractivity contribution in [3.63, 3.8) is 0 Å². The zero-order valence-corrected chi connectivity index (χ0v) is 19.2. The molecule has 0 spiro atoms. The van der Waals surface area contributed by atoms with Crippen LogP contribution in [0.3, 0.4) is 0 Å². The van der Waals surface area contributed by atoms with Gasteiger partial charge in [-0.2, -0.15) is 0 Å². The maximum absolute atomic E-state index is 12.8. The fourth-order valence-corrected chi connectivity index (χ4v) is 7.67. The third-order valence-corrected chi connectivity index (χ3v) is 9.23. The van der Waals surface area contributed by atoms with E-state index >= 15 is 0 Å². The Morgan fingerprint density at radius 2 is 1.56 bits per heavy atom. The van der Waals surface area contributed by atoms with Crippen LogP contribution in [0.2, 0.25) is 0 Å². The molecule has 0 unspecified atom stereocenters. The minimum atomic E-state index is -0.244. The topological polar surface area (TPSA) is 42.3 Å². The van der Waals surface area contributed by atoms with Crippen molar-refractivity contribution >= 4 is 77.0 Å². The molecule has 7 rings (SSSR count). The van der Waals surface area contributed by atoms with E-state index in [0.717, 1.165) is 21.2 Å². The van der Waals surface area contributed by atoms with E-state index in [-0.39, 0.29) is 11.8 Å². The molecule has 0 bridgehead atoms. The van der Waals surface area contributed by atoms with Crippen LogP contribution < -0.4 is 0 Å². The highest BCUT2D eigenvalue weighted by molar-refractivity contribution is 7.28. The Hall–Kier alpha value is -3.26. The molecule has 4 nitrogen and oxygen atoms in total. The quantitative estimate of drug-likeness (QED) is 0.255. The first-order valence-corrected chi connectivity index (χ1v) is 12.6. The molecule has 0 atom stereocenters. The molecular weight excluding hydrogens is 456 g/mol. The molecule has 1 aliphatic heterocycles. The van der Waals surface area contributed by atoms with Gasteiger partial charge in [-0.05, 0) is 58.1 Å². The van der Waals surface area contributed by atoms with Gasteiger partial charge in [0.15, 0.2) is 0 Å². The molecule has 0 saturated heterocycles. The van der Waals surface area contributed by atoms with Crippen molar-refractivity contribution in [1.29, 1.82) is 0 Å². The van der Waals surface area contributed by atoms with E-state index in [4.69, 9.17) is 0 Å². The van der Waals surface area contributed by atoms with Crippen LogP contribution in [0.5, 0.6) is 0 Å². The summed E-state index contributed by atoms with van der Waals surface area (Å²) >= 11 is 5.26. The summed E-state index contributed by atoms with van der Waals surface area (Å²) in [6.07, 6.45) is 0. The van der Waals surface area contributed by atoms with Crippen molar-refractivity contribution in [2.75, 3.05) is 7.05 Å². The number of carbonyl (C=O) groups excluding carboxylic acids is 2. The average molecular weight is 471 g/mol. The number of rotatable bonds is 2. The van der Waals surface area contributed by atoms with Crippen molar-refractivity contribution in [2.45, 2.75) is 0 Å². The number of nitrogens with zero attached hydrogens (tertiary/aromatic N) is 2. The van der Waals surface area contributed by atoms with Gasteiger partial charge in [-0.1, -0.05) is 18.2 Å². The molecule has 4 aromatic heterocycles. The molecule has 0 fully saturated rings. The Labute approximate surface area is 194 Å². The number of amides is 2. The first kappa shape index (κ1) is 18.3. The highest BCUT2D eigenvalue weighted by atomic mass is 32.1. The number of thiophene rings is 3. The molecule has 154 valence electrons. The van der Waals surface area contributed by atoms with Gasteiger partial charge in [-0.25, -0.2) is 0 Å². The van der Waals surface area contributed by atoms with Crippen molar-refractivity contribution in [1.82, 2.24) is 9.47 Å². The minimum Gasteiger partial charge on any atom is -0.299 e. The van der Waals surface area contributed by atoms with Crippen molar-refractivity contribution in [3.8, 4) is 15.4 Å². The fraction of sp³-hybridized carbons (Fsp3) is 0.0400. The molecule has 2 aromatic carbocycles. The van der Waals surface area contributed by atoms with Gasteiger partial charge in [0.1, 0.15) is 0 Å². The molecule has 32 heavy (non-hydrogen) atoms. The first-order chi connectivity index (χ1) is 15.6. The maximum Gasteiger partial charge on any atom is 0.261 e. The molecule has 0 N–H and O–H groups in total. The number of fused-ring (bicyclic) bond motifs is 3. The zero-order chi connectivity index (χ0) is 21.6. The lowest BCUT2D eigenvalue weighted by Crippen LogP contribution is -2.36. The Morgan fingerprint density at radius 3 is 2.38 bits per heavy atom. The van der Waals surface area contributed by atoms with Gasteiger partial charge in [-0.3, -0.25) is 19.1 Å². The fourth-order valence-electron chi connectivity index (χ4n) is 4.69. The van der Waals surface area contributed by atoms with E-state index in [9.17, 15) is 9.59 Å². The van der Waals surface area contributed by atoms with Crippen molar-refractivity contribution < 1.29 is 9.59 Å². The SMILES string of the molecule is CN1C(=O)c2cccc3c(-c4cc5c(s4)c4sccc4n5-c4cccs4)ccc(c23)C1=O. The maximum atomic E-state index is 12.8. The molecule has 2 amide bonds. The number of benzene rings is 2. The van der Waals surface area contributed by atoms with Crippen LogP contribution in [-0.2, 0) is 0 Å². The Balaban J connectivity index is 1.53. The summed E-state index contributed by atoms with van der Waals surface area (Å²) in [5, 5.41) is 7.15. The monoisotopic (exact) mass is 470 g/mol. The van der Waals surface area contributed by atoms with Gasteiger partial charge in [-0.15, -0.1) is 34.0 Å². The summed E-state index contributed by atoms with van der Waals surface area (Å²) in [5.74, 6) is -0.489. The summed E-state index contributed by atoms with van der Waals surface area (Å²) in [5.41, 5.74) is 4.67. The highest BCUT2D eigenvalue weighted by Gasteiger charge is 2.31. The normalized spacial score (nSPS) is 13.8. The molecule has 0 aliphatic carbocycles. The van der Waals surface area contributed by atoms with E-state index in [1.54, 1.807) is 41.1 Å². The average Bonchev–Trinajstić information content (AvgIpc) is 3.59. The van der Waals surface area contributed by atoms with Crippen LogP contribution in [-0.4, -0.2) is 28.3 Å². The molecule has 0 radical (unpaired) electrons. The van der Waals surface area contributed by atoms with E-state index in [2.05, 4.69) is 39.6 Å². The van der Waals surface area contributed by atoms with E-state index in [1.165, 1.54) is 30.3 Å². The zero-order valence-electron chi connectivity index (χ0n) is 16.8. The number of hydrogen-bond acceptors (Lipinski definition) is 5. The van der Waals surface area contributed by atoms with Crippen molar-refractivity contribution in [3.05, 3.63) is 76.5 Å². The summed E-state index contributed by atoms with van der Waals surface area (Å²) in [6.45, 7) is 0. The lowest BCUT2D eigenvalue weighted by Gasteiger charge is -2.24. The third-order valence-electron chi connectivity index (χ3n) is 6.15. The second-order valence-electron chi connectivity index (χ2n) is 7.80. The summed E-state index contributed by atoms with van der Waals surface area (Å²) in [7, 11) is 1.54. The Kier molecular flexibility index (Phi) is 3.66. The van der Waals surface area contributed by atoms with Gasteiger partial charge in [0.2, 0.25) is 0 Å². The van der Waals surface area contributed by atoms with Crippen LogP contribution in [0, 0.1) is 0 Å². The molecule has 6 aromatic rings. The third kappa shape index (κ3) is 2.25. The summed E-state index contributed by atoms with van der Waals surface area (Å²) < 4.78 is 4.89. The van der Waals surface area contributed by atoms with Crippen molar-refractivity contribution in [2.24, 2.45) is 0 Å². The summed E-state index contributed by atoms with van der Waals surface area (Å²) in [6, 6.07) is 18.3. The van der Waals surface area contributed by atoms with Crippen LogP contribution in [0.15, 0.2) is 65.4 Å². The van der Waals surface area contributed by atoms with Gasteiger partial charge in [0.25, 0.3) is 11.8 Å². The van der Waals surface area contributed by atoms with Crippen LogP contribution in [0.25, 0.3) is 46.6 Å². The van der Waals surface area contributed by atoms with Crippen LogP contribution >= 0.6 is 34.0 Å². The molecule has 0 saturated carbocycles. The number of aromatic nitrogens is 1. The molecule has 5 heterocycles. The second kappa shape index (κ2) is 6.38. The van der Waals surface area contributed by atoms with Gasteiger partial charge >= 0.3 is 0 Å². The number of hydrogen-bond donors (Lipinski definition) is 0. The number of imide groups is 1. The van der Waals surface area contributed by atoms with Gasteiger partial charge in [0.05, 0.1) is 25.4 Å². The first-order valence-electron chi connectivity index (χ1n) is 10.1. The lowest BCUT2D eigenvalue weighted by molar-refractivity contribution is 0.0650. The summed E-state index contributed by atoms with van der Waals surface area (Å²) in [4.78, 5) is 27.9. The predicted octanol–water partition coefficient (Wildman–Crippen LogP) is 7.01. The largest absolute Gasteiger partial charge is 0.299 e. The molecule has 1 aliphatic rings. The predicted molar refractivity (Wildman–Crippen MR) is 134 cm³/mol. The molecule has 7 heteroatoms. The minimum absolute atomic E-state index is 0.244. The lowest BCUT2D eigenvalue weighted by atomic mass is 9.91. The van der Waals surface area contributed by atoms with E-state index in [1.807, 2.05) is 30.3 Å². The second-order valence-corrected chi connectivity index (χ2v) is 10.7. The van der Waals surface area contributed by atoms with E-state index < -0.39 is 0 Å². The standard InChI is InChI=1S/C25H14N2O2S3/c1-26-24(28)15-5-2-4-14-13(7-8-16(21(14)15)25(26)29)19-12-18-23(32-19)22-17(9-11-31-22)27(18)20-6-3-10-30-20/h2-12H,1H3. The smallest absolute Gasteiger partial charge is 0.261 e. The molecular formula is C25H14N2O2S3. The Bertz CT molecular complexity index is 1710. The number of carbonyl (C=O) groups is 2. The Morgan fingerprint density at radius 1 is 0.750 bits per heavy atom.